The SMILES string of the molecule is N#CC1=C(c2ccc(F)cc2)/C(=C(/C#N)c2ccc(C#N)cc2)c2c(C#N)c3c(c(C#N)c21)C(C#N)=C(c1ccc(F)cc1)/C3=C(/C#N)c1ccc(C#N)cc1. The van der Waals surface area contributed by atoms with Crippen molar-refractivity contribution in [2.75, 3.05) is 0 Å². The van der Waals surface area contributed by atoms with Crippen LogP contribution >= 0.6 is 0 Å². The van der Waals surface area contributed by atoms with Gasteiger partial charge in [0.05, 0.1) is 56.7 Å². The van der Waals surface area contributed by atoms with Crippen molar-refractivity contribution in [2.45, 2.75) is 0 Å². The van der Waals surface area contributed by atoms with Gasteiger partial charge in [0.15, 0.2) is 0 Å². The Morgan fingerprint density at radius 1 is 0.375 bits per heavy atom. The van der Waals surface area contributed by atoms with Crippen LogP contribution in [0.15, 0.2) is 97.1 Å². The Morgan fingerprint density at radius 2 is 0.714 bits per heavy atom. The van der Waals surface area contributed by atoms with Crippen LogP contribution in [0.5, 0.6) is 0 Å². The highest BCUT2D eigenvalue weighted by Gasteiger charge is 2.43. The molecule has 0 unspecified atom stereocenters. The van der Waals surface area contributed by atoms with Crippen molar-refractivity contribution in [2.24, 2.45) is 0 Å². The van der Waals surface area contributed by atoms with Gasteiger partial charge in [-0.1, -0.05) is 48.5 Å². The molecule has 0 bridgehead atoms. The van der Waals surface area contributed by atoms with E-state index in [2.05, 4.69) is 36.4 Å². The molecule has 56 heavy (non-hydrogen) atoms. The fraction of sp³-hybridized carbons (Fsp3) is 0. The van der Waals surface area contributed by atoms with E-state index < -0.39 is 11.6 Å². The summed E-state index contributed by atoms with van der Waals surface area (Å²) in [4.78, 5) is 0. The molecular weight excluding hydrogens is 703 g/mol. The molecule has 0 atom stereocenters. The molecule has 0 heterocycles. The Balaban J connectivity index is 1.75. The van der Waals surface area contributed by atoms with Crippen molar-refractivity contribution in [1.29, 1.82) is 42.1 Å². The van der Waals surface area contributed by atoms with Crippen LogP contribution in [0.25, 0.3) is 44.6 Å². The van der Waals surface area contributed by atoms with Crippen LogP contribution in [0.1, 0.15) is 66.8 Å². The minimum absolute atomic E-state index is 0.00755. The smallest absolute Gasteiger partial charge is 0.123 e. The minimum atomic E-state index is -0.588. The summed E-state index contributed by atoms with van der Waals surface area (Å²) in [7, 11) is 0. The molecule has 8 nitrogen and oxygen atoms in total. The van der Waals surface area contributed by atoms with Crippen molar-refractivity contribution >= 4 is 44.6 Å². The number of hydrogen-bond donors (Lipinski definition) is 0. The number of halogens is 2. The predicted octanol–water partition coefficient (Wildman–Crippen LogP) is 9.22. The highest BCUT2D eigenvalue weighted by Crippen LogP contribution is 2.59. The van der Waals surface area contributed by atoms with E-state index in [1.807, 2.05) is 12.1 Å². The fourth-order valence-corrected chi connectivity index (χ4v) is 7.21. The average Bonchev–Trinajstić information content (AvgIpc) is 3.75. The Kier molecular flexibility index (Phi) is 8.88. The lowest BCUT2D eigenvalue weighted by Crippen LogP contribution is -2.05. The van der Waals surface area contributed by atoms with E-state index in [1.165, 1.54) is 72.8 Å². The van der Waals surface area contributed by atoms with E-state index in [0.29, 0.717) is 22.3 Å². The van der Waals surface area contributed by atoms with Gasteiger partial charge in [-0.3, -0.25) is 0 Å². The molecule has 254 valence electrons. The van der Waals surface area contributed by atoms with Crippen LogP contribution in [-0.2, 0) is 0 Å². The van der Waals surface area contributed by atoms with Crippen LogP contribution in [0.2, 0.25) is 0 Å². The van der Waals surface area contributed by atoms with Crippen LogP contribution in [-0.4, -0.2) is 0 Å². The average molecular weight is 719 g/mol. The van der Waals surface area contributed by atoms with Crippen LogP contribution < -0.4 is 0 Å². The lowest BCUT2D eigenvalue weighted by atomic mass is 9.81. The zero-order valence-corrected chi connectivity index (χ0v) is 28.6. The molecule has 0 spiro atoms. The molecule has 0 fully saturated rings. The number of nitriles is 8. The standard InChI is InChI=1S/C46H16F2N8/c47-31-13-9-29(10-14-31)39-35(21-53)41-37(23-55)42-36(22-54)40(30-11-15-32(48)16-12-30)44(34(20-52)28-7-3-26(18-50)4-8-28)46(42)38(24-56)45(41)43(39)33(19-51)27-5-1-25(17-49)2-6-27/h1-16H/b43-33+,44-34+. The summed E-state index contributed by atoms with van der Waals surface area (Å²) < 4.78 is 28.6. The molecule has 0 N–H and O–H groups in total. The third-order valence-corrected chi connectivity index (χ3v) is 9.54. The van der Waals surface area contributed by atoms with Gasteiger partial charge >= 0.3 is 0 Å². The summed E-state index contributed by atoms with van der Waals surface area (Å²) >= 11 is 0. The zero-order valence-electron chi connectivity index (χ0n) is 28.6. The van der Waals surface area contributed by atoms with Crippen LogP contribution in [0.4, 0.5) is 8.78 Å². The largest absolute Gasteiger partial charge is 0.207 e. The second-order valence-corrected chi connectivity index (χ2v) is 12.3. The normalized spacial score (nSPS) is 14.0. The number of rotatable bonds is 4. The quantitative estimate of drug-likeness (QED) is 0.164. The summed E-state index contributed by atoms with van der Waals surface area (Å²) in [5.41, 5.74) is 1.17. The molecule has 2 aliphatic carbocycles. The summed E-state index contributed by atoms with van der Waals surface area (Å²) in [5.74, 6) is -1.18. The van der Waals surface area contributed by atoms with Gasteiger partial charge in [0.2, 0.25) is 0 Å². The maximum absolute atomic E-state index is 14.3. The molecule has 0 saturated carbocycles. The van der Waals surface area contributed by atoms with Gasteiger partial charge in [0, 0.05) is 44.5 Å². The maximum atomic E-state index is 14.3. The van der Waals surface area contributed by atoms with Crippen molar-refractivity contribution < 1.29 is 8.78 Å². The van der Waals surface area contributed by atoms with Gasteiger partial charge in [-0.15, -0.1) is 0 Å². The molecule has 10 heteroatoms. The monoisotopic (exact) mass is 718 g/mol. The zero-order chi connectivity index (χ0) is 39.7. The van der Waals surface area contributed by atoms with Gasteiger partial charge < -0.3 is 0 Å². The van der Waals surface area contributed by atoms with Crippen LogP contribution in [0, 0.1) is 102 Å². The fourth-order valence-electron chi connectivity index (χ4n) is 7.21. The number of fused-ring (bicyclic) bond motifs is 2. The molecule has 5 aromatic rings. The van der Waals surface area contributed by atoms with E-state index in [-0.39, 0.29) is 89.1 Å². The van der Waals surface area contributed by atoms with Crippen LogP contribution in [0.3, 0.4) is 0 Å². The third-order valence-electron chi connectivity index (χ3n) is 9.54. The number of benzene rings is 5. The number of allylic oxidation sites excluding steroid dienone is 8. The van der Waals surface area contributed by atoms with E-state index in [4.69, 9.17) is 0 Å². The molecule has 0 aliphatic heterocycles. The van der Waals surface area contributed by atoms with Gasteiger partial charge in [-0.25, -0.2) is 8.78 Å². The first kappa shape index (κ1) is 35.3. The second-order valence-electron chi connectivity index (χ2n) is 12.3. The van der Waals surface area contributed by atoms with Gasteiger partial charge in [-0.05, 0) is 70.8 Å². The van der Waals surface area contributed by atoms with Crippen molar-refractivity contribution in [3.63, 3.8) is 0 Å². The number of nitrogens with zero attached hydrogens (tertiary/aromatic N) is 8. The van der Waals surface area contributed by atoms with E-state index in [1.54, 1.807) is 0 Å². The van der Waals surface area contributed by atoms with Crippen molar-refractivity contribution in [3.8, 4) is 48.6 Å². The summed E-state index contributed by atoms with van der Waals surface area (Å²) in [6.45, 7) is 0. The Labute approximate surface area is 318 Å². The highest BCUT2D eigenvalue weighted by atomic mass is 19.1. The summed E-state index contributed by atoms with van der Waals surface area (Å²) in [6, 6.07) is 39.3. The first-order valence-electron chi connectivity index (χ1n) is 16.5. The topological polar surface area (TPSA) is 190 Å². The first-order valence-corrected chi connectivity index (χ1v) is 16.5. The molecule has 0 amide bonds. The van der Waals surface area contributed by atoms with Crippen molar-refractivity contribution in [3.05, 3.63) is 175 Å². The van der Waals surface area contributed by atoms with E-state index >= 15 is 0 Å². The third kappa shape index (κ3) is 5.36. The second kappa shape index (κ2) is 14.1. The maximum Gasteiger partial charge on any atom is 0.123 e. The Bertz CT molecular complexity index is 2870. The van der Waals surface area contributed by atoms with E-state index in [9.17, 15) is 50.9 Å². The van der Waals surface area contributed by atoms with E-state index in [0.717, 1.165) is 24.3 Å². The molecule has 7 rings (SSSR count). The van der Waals surface area contributed by atoms with Crippen molar-refractivity contribution in [1.82, 2.24) is 0 Å². The first-order chi connectivity index (χ1) is 27.3. The minimum Gasteiger partial charge on any atom is -0.207 e. The molecular formula is C46H16F2N8. The predicted molar refractivity (Wildman–Crippen MR) is 201 cm³/mol. The number of hydrogen-bond acceptors (Lipinski definition) is 8. The summed E-state index contributed by atoms with van der Waals surface area (Å²) in [6.07, 6.45) is 0. The lowest BCUT2D eigenvalue weighted by molar-refractivity contribution is 0.627. The Morgan fingerprint density at radius 3 is 1.00 bits per heavy atom. The molecule has 0 saturated heterocycles. The molecule has 2 aliphatic rings. The molecule has 0 radical (unpaired) electrons. The van der Waals surface area contributed by atoms with Gasteiger partial charge in [0.25, 0.3) is 0 Å². The van der Waals surface area contributed by atoms with Gasteiger partial charge in [0.1, 0.15) is 48.0 Å². The van der Waals surface area contributed by atoms with Gasteiger partial charge in [-0.2, -0.15) is 42.1 Å². The molecule has 5 aromatic carbocycles. The summed E-state index contributed by atoms with van der Waals surface area (Å²) in [5, 5.41) is 84.7. The highest BCUT2D eigenvalue weighted by molar-refractivity contribution is 6.36. The lowest BCUT2D eigenvalue weighted by Gasteiger charge is -2.18. The molecule has 0 aromatic heterocycles. The Hall–Kier alpha value is -9.16.